The molecule has 0 spiro atoms. The molecule has 0 aromatic heterocycles. The zero-order valence-corrected chi connectivity index (χ0v) is 20.4. The third-order valence-corrected chi connectivity index (χ3v) is 7.43. The van der Waals surface area contributed by atoms with Crippen LogP contribution in [0.3, 0.4) is 0 Å². The Labute approximate surface area is 196 Å². The summed E-state index contributed by atoms with van der Waals surface area (Å²) in [5, 5.41) is 5.12. The molecule has 2 aliphatic heterocycles. The van der Waals surface area contributed by atoms with Gasteiger partial charge in [0.25, 0.3) is 0 Å². The maximum atomic E-state index is 3.71. The Bertz CT molecular complexity index is 917. The van der Waals surface area contributed by atoms with Crippen molar-refractivity contribution < 1.29 is 0 Å². The minimum absolute atomic E-state index is 0.580. The lowest BCUT2D eigenvalue weighted by Crippen LogP contribution is -2.48. The van der Waals surface area contributed by atoms with E-state index in [2.05, 4.69) is 99.6 Å². The van der Waals surface area contributed by atoms with Crippen molar-refractivity contribution >= 4 is 15.9 Å². The van der Waals surface area contributed by atoms with Crippen molar-refractivity contribution in [2.75, 3.05) is 26.2 Å². The smallest absolute Gasteiger partial charge is 0.0316 e. The van der Waals surface area contributed by atoms with Crippen molar-refractivity contribution in [1.29, 1.82) is 0 Å². The zero-order chi connectivity index (χ0) is 21.5. The van der Waals surface area contributed by atoms with E-state index in [9.17, 15) is 0 Å². The molecule has 1 unspecified atom stereocenters. The molecule has 2 nitrogen and oxygen atoms in total. The van der Waals surface area contributed by atoms with Crippen molar-refractivity contribution in [3.63, 3.8) is 0 Å². The van der Waals surface area contributed by atoms with E-state index in [0.29, 0.717) is 5.92 Å². The summed E-state index contributed by atoms with van der Waals surface area (Å²) in [4.78, 5) is 0. The van der Waals surface area contributed by atoms with Gasteiger partial charge in [0.1, 0.15) is 0 Å². The molecule has 2 aliphatic rings. The molecule has 0 bridgehead atoms. The van der Waals surface area contributed by atoms with Crippen molar-refractivity contribution in [2.24, 2.45) is 5.92 Å². The first-order chi connectivity index (χ1) is 15.2. The lowest BCUT2D eigenvalue weighted by Gasteiger charge is -2.40. The second-order valence-corrected chi connectivity index (χ2v) is 9.76. The first-order valence-corrected chi connectivity index (χ1v) is 12.7. The molecule has 0 fully saturated rings. The minimum Gasteiger partial charge on any atom is -0.237 e. The van der Waals surface area contributed by atoms with E-state index in [1.807, 2.05) is 0 Å². The Morgan fingerprint density at radius 1 is 0.968 bits per heavy atom. The minimum atomic E-state index is 0.580. The topological polar surface area (TPSA) is 6.48 Å². The van der Waals surface area contributed by atoms with Crippen molar-refractivity contribution in [1.82, 2.24) is 10.0 Å². The largest absolute Gasteiger partial charge is 0.237 e. The predicted octanol–water partition coefficient (Wildman–Crippen LogP) is 6.61. The molecular weight excluding hydrogens is 444 g/mol. The van der Waals surface area contributed by atoms with Crippen LogP contribution in [0.25, 0.3) is 0 Å². The molecule has 0 aliphatic carbocycles. The summed E-state index contributed by atoms with van der Waals surface area (Å²) in [5.41, 5.74) is 6.01. The molecule has 0 N–H and O–H groups in total. The van der Waals surface area contributed by atoms with Crippen molar-refractivity contribution in [3.8, 4) is 0 Å². The van der Waals surface area contributed by atoms with Gasteiger partial charge in [0.15, 0.2) is 0 Å². The highest BCUT2D eigenvalue weighted by atomic mass is 79.9. The Morgan fingerprint density at radius 2 is 1.84 bits per heavy atom. The van der Waals surface area contributed by atoms with E-state index in [0.717, 1.165) is 39.0 Å². The lowest BCUT2D eigenvalue weighted by atomic mass is 9.96. The van der Waals surface area contributed by atoms with Gasteiger partial charge in [0.05, 0.1) is 0 Å². The highest BCUT2D eigenvalue weighted by Gasteiger charge is 2.23. The van der Waals surface area contributed by atoms with Crippen molar-refractivity contribution in [2.45, 2.75) is 45.4 Å². The third-order valence-electron chi connectivity index (χ3n) is 6.65. The molecule has 4 rings (SSSR count). The number of hydrogen-bond donors (Lipinski definition) is 0. The summed E-state index contributed by atoms with van der Waals surface area (Å²) >= 11 is 3.71. The van der Waals surface area contributed by atoms with E-state index in [1.54, 1.807) is 5.57 Å². The van der Waals surface area contributed by atoms with Gasteiger partial charge in [-0.3, -0.25) is 0 Å². The molecule has 1 atom stereocenters. The van der Waals surface area contributed by atoms with Crippen LogP contribution in [0.4, 0.5) is 0 Å². The average Bonchev–Trinajstić information content (AvgIpc) is 2.81. The Morgan fingerprint density at radius 3 is 2.65 bits per heavy atom. The van der Waals surface area contributed by atoms with Gasteiger partial charge in [0, 0.05) is 30.7 Å². The molecule has 0 amide bonds. The van der Waals surface area contributed by atoms with E-state index < -0.39 is 0 Å². The monoisotopic (exact) mass is 478 g/mol. The number of nitrogens with zero attached hydrogens (tertiary/aromatic N) is 2. The van der Waals surface area contributed by atoms with Crippen LogP contribution in [0.1, 0.15) is 42.9 Å². The normalized spacial score (nSPS) is 20.1. The molecule has 31 heavy (non-hydrogen) atoms. The summed E-state index contributed by atoms with van der Waals surface area (Å²) in [5.74, 6) is 0.580. The number of halogens is 1. The number of hydrazine groups is 1. The number of rotatable bonds is 8. The number of benzene rings is 2. The second-order valence-electron chi connectivity index (χ2n) is 8.91. The summed E-state index contributed by atoms with van der Waals surface area (Å²) in [6.07, 6.45) is 14.4. The number of aryl methyl sites for hydroxylation is 2. The maximum absolute atomic E-state index is 3.71. The van der Waals surface area contributed by atoms with Gasteiger partial charge in [-0.15, -0.1) is 0 Å². The summed E-state index contributed by atoms with van der Waals surface area (Å²) < 4.78 is 1.23. The SMILES string of the molecule is CCc1cccc(CCCC2=CCN(N3CC=CC(Cc4ccccc4Br)C3)CC2)c1. The van der Waals surface area contributed by atoms with Gasteiger partial charge < -0.3 is 0 Å². The van der Waals surface area contributed by atoms with Crippen LogP contribution in [0.5, 0.6) is 0 Å². The fourth-order valence-electron chi connectivity index (χ4n) is 4.80. The molecular formula is C28H35BrN2. The quantitative estimate of drug-likeness (QED) is 0.393. The van der Waals surface area contributed by atoms with Gasteiger partial charge in [-0.25, -0.2) is 10.0 Å². The predicted molar refractivity (Wildman–Crippen MR) is 135 cm³/mol. The van der Waals surface area contributed by atoms with Crippen molar-refractivity contribution in [3.05, 3.63) is 93.5 Å². The average molecular weight is 480 g/mol. The Hall–Kier alpha value is -1.68. The van der Waals surface area contributed by atoms with Gasteiger partial charge in [-0.1, -0.05) is 89.1 Å². The molecule has 0 radical (unpaired) electrons. The van der Waals surface area contributed by atoms with E-state index >= 15 is 0 Å². The standard InChI is InChI=1S/C28H35BrN2/c1-2-23-8-5-10-25(20-23)11-6-9-24-15-18-30(19-16-24)31-17-7-12-26(22-31)21-27-13-3-4-14-28(27)29/h3-5,7-8,10,12-15,20,26H,2,6,9,11,16-19,21-22H2,1H3. The second kappa shape index (κ2) is 11.3. The van der Waals surface area contributed by atoms with Gasteiger partial charge in [0.2, 0.25) is 0 Å². The van der Waals surface area contributed by atoms with Gasteiger partial charge in [-0.05, 0) is 67.2 Å². The van der Waals surface area contributed by atoms with Crippen LogP contribution in [-0.4, -0.2) is 36.2 Å². The van der Waals surface area contributed by atoms with Crippen LogP contribution >= 0.6 is 15.9 Å². The van der Waals surface area contributed by atoms with Crippen LogP contribution in [0.15, 0.2) is 76.8 Å². The summed E-state index contributed by atoms with van der Waals surface area (Å²) in [6.45, 7) is 6.62. The van der Waals surface area contributed by atoms with E-state index in [4.69, 9.17) is 0 Å². The molecule has 0 saturated carbocycles. The van der Waals surface area contributed by atoms with E-state index in [-0.39, 0.29) is 0 Å². The fraction of sp³-hybridized carbons (Fsp3) is 0.429. The Kier molecular flexibility index (Phi) is 8.18. The lowest BCUT2D eigenvalue weighted by molar-refractivity contribution is -0.0203. The summed E-state index contributed by atoms with van der Waals surface area (Å²) in [7, 11) is 0. The summed E-state index contributed by atoms with van der Waals surface area (Å²) in [6, 6.07) is 17.7. The first kappa shape index (κ1) is 22.5. The molecule has 2 aromatic rings. The highest BCUT2D eigenvalue weighted by Crippen LogP contribution is 2.25. The Balaban J connectivity index is 1.24. The van der Waals surface area contributed by atoms with Gasteiger partial charge in [-0.2, -0.15) is 0 Å². The molecule has 2 heterocycles. The van der Waals surface area contributed by atoms with Crippen LogP contribution in [0, 0.1) is 5.92 Å². The maximum Gasteiger partial charge on any atom is 0.0316 e. The van der Waals surface area contributed by atoms with Crippen LogP contribution in [-0.2, 0) is 19.3 Å². The van der Waals surface area contributed by atoms with Gasteiger partial charge >= 0.3 is 0 Å². The van der Waals surface area contributed by atoms with Crippen LogP contribution < -0.4 is 0 Å². The molecule has 2 aromatic carbocycles. The van der Waals surface area contributed by atoms with E-state index in [1.165, 1.54) is 46.8 Å². The number of hydrogen-bond acceptors (Lipinski definition) is 2. The molecule has 0 saturated heterocycles. The highest BCUT2D eigenvalue weighted by molar-refractivity contribution is 9.10. The molecule has 164 valence electrons. The fourth-order valence-corrected chi connectivity index (χ4v) is 5.25. The van der Waals surface area contributed by atoms with Crippen LogP contribution in [0.2, 0.25) is 0 Å². The molecule has 3 heteroatoms. The first-order valence-electron chi connectivity index (χ1n) is 11.9. The third kappa shape index (κ3) is 6.41. The zero-order valence-electron chi connectivity index (χ0n) is 18.8.